The number of aromatic nitrogens is 2. The smallest absolute Gasteiger partial charge is 0.271 e. The molecule has 2 aromatic carbocycles. The summed E-state index contributed by atoms with van der Waals surface area (Å²) in [6.45, 7) is 2.92. The molecule has 1 N–H and O–H groups in total. The van der Waals surface area contributed by atoms with Gasteiger partial charge in [-0.05, 0) is 17.7 Å². The molecule has 1 unspecified atom stereocenters. The second-order valence-electron chi connectivity index (χ2n) is 5.74. The maximum absolute atomic E-state index is 5.82. The van der Waals surface area contributed by atoms with Crippen LogP contribution in [0.3, 0.4) is 0 Å². The molecule has 0 radical (unpaired) electrons. The van der Waals surface area contributed by atoms with Crippen LogP contribution < -0.4 is 4.90 Å². The Bertz CT molecular complexity index is 767. The van der Waals surface area contributed by atoms with Gasteiger partial charge in [-0.25, -0.2) is 0 Å². The summed E-state index contributed by atoms with van der Waals surface area (Å²) in [5.74, 6) is 1.32. The molecule has 3 aromatic rings. The molecule has 0 spiro atoms. The van der Waals surface area contributed by atoms with Crippen LogP contribution in [0.15, 0.2) is 59.0 Å². The molecule has 1 atom stereocenters. The van der Waals surface area contributed by atoms with Gasteiger partial charge in [-0.1, -0.05) is 42.5 Å². The highest BCUT2D eigenvalue weighted by atomic mass is 16.4. The van der Waals surface area contributed by atoms with Crippen molar-refractivity contribution >= 4 is 0 Å². The van der Waals surface area contributed by atoms with Gasteiger partial charge in [0, 0.05) is 17.5 Å². The Morgan fingerprint density at radius 3 is 2.55 bits per heavy atom. The zero-order valence-electron chi connectivity index (χ0n) is 12.3. The fourth-order valence-corrected chi connectivity index (χ4v) is 3.03. The Morgan fingerprint density at radius 1 is 0.909 bits per heavy atom. The summed E-state index contributed by atoms with van der Waals surface area (Å²) in [6, 6.07) is 18.6. The molecule has 4 nitrogen and oxygen atoms in total. The maximum Gasteiger partial charge on any atom is 0.271 e. The van der Waals surface area contributed by atoms with Crippen molar-refractivity contribution in [1.29, 1.82) is 0 Å². The van der Waals surface area contributed by atoms with Crippen LogP contribution in [0.5, 0.6) is 0 Å². The standard InChI is InChI=1S/C18H17N3O/c1-2-7-15(8-3-1)18-20-19-17(22-18)13-21-11-10-14-6-4-5-9-16(14)12-21/h1-9H,10-13H2/p+1. The minimum Gasteiger partial charge on any atom is -0.415 e. The van der Waals surface area contributed by atoms with E-state index in [1.165, 1.54) is 16.0 Å². The molecule has 4 rings (SSSR count). The van der Waals surface area contributed by atoms with Gasteiger partial charge in [0.2, 0.25) is 5.89 Å². The number of nitrogens with one attached hydrogen (secondary N) is 1. The molecule has 0 aliphatic carbocycles. The highest BCUT2D eigenvalue weighted by Crippen LogP contribution is 2.17. The summed E-state index contributed by atoms with van der Waals surface area (Å²) >= 11 is 0. The monoisotopic (exact) mass is 292 g/mol. The third-order valence-electron chi connectivity index (χ3n) is 4.20. The van der Waals surface area contributed by atoms with Crippen LogP contribution in [-0.4, -0.2) is 16.7 Å². The molecule has 1 aliphatic heterocycles. The fourth-order valence-electron chi connectivity index (χ4n) is 3.03. The SMILES string of the molecule is c1ccc(-c2nnc(C[NH+]3CCc4ccccc4C3)o2)cc1. The van der Waals surface area contributed by atoms with Crippen LogP contribution >= 0.6 is 0 Å². The van der Waals surface area contributed by atoms with Crippen LogP contribution in [0.25, 0.3) is 11.5 Å². The van der Waals surface area contributed by atoms with Gasteiger partial charge in [0.1, 0.15) is 6.54 Å². The Hall–Kier alpha value is -2.46. The molecule has 0 fully saturated rings. The minimum absolute atomic E-state index is 0.604. The van der Waals surface area contributed by atoms with Crippen molar-refractivity contribution in [3.63, 3.8) is 0 Å². The molecule has 110 valence electrons. The van der Waals surface area contributed by atoms with Crippen LogP contribution in [0.2, 0.25) is 0 Å². The molecule has 0 amide bonds. The Balaban J connectivity index is 1.48. The second kappa shape index (κ2) is 5.73. The molecule has 0 bridgehead atoms. The van der Waals surface area contributed by atoms with Gasteiger partial charge in [-0.3, -0.25) is 0 Å². The summed E-state index contributed by atoms with van der Waals surface area (Å²) in [5.41, 5.74) is 3.88. The topological polar surface area (TPSA) is 43.4 Å². The summed E-state index contributed by atoms with van der Waals surface area (Å²) < 4.78 is 5.82. The Labute approximate surface area is 129 Å². The van der Waals surface area contributed by atoms with Gasteiger partial charge in [0.05, 0.1) is 6.54 Å². The van der Waals surface area contributed by atoms with Crippen molar-refractivity contribution in [2.45, 2.75) is 19.5 Å². The summed E-state index contributed by atoms with van der Waals surface area (Å²) in [7, 11) is 0. The first-order valence-corrected chi connectivity index (χ1v) is 7.66. The van der Waals surface area contributed by atoms with Crippen molar-refractivity contribution in [3.05, 3.63) is 71.6 Å². The quantitative estimate of drug-likeness (QED) is 0.801. The van der Waals surface area contributed by atoms with Crippen molar-refractivity contribution < 1.29 is 9.32 Å². The molecule has 1 aromatic heterocycles. The van der Waals surface area contributed by atoms with Crippen molar-refractivity contribution in [2.24, 2.45) is 0 Å². The van der Waals surface area contributed by atoms with E-state index in [9.17, 15) is 0 Å². The second-order valence-corrected chi connectivity index (χ2v) is 5.74. The van der Waals surface area contributed by atoms with E-state index >= 15 is 0 Å². The van der Waals surface area contributed by atoms with Crippen molar-refractivity contribution in [3.8, 4) is 11.5 Å². The van der Waals surface area contributed by atoms with Crippen LogP contribution in [0.1, 0.15) is 17.0 Å². The fraction of sp³-hybridized carbons (Fsp3) is 0.222. The number of hydrogen-bond acceptors (Lipinski definition) is 3. The number of hydrogen-bond donors (Lipinski definition) is 1. The van der Waals surface area contributed by atoms with Crippen LogP contribution in [0.4, 0.5) is 0 Å². The lowest BCUT2D eigenvalue weighted by atomic mass is 10.00. The minimum atomic E-state index is 0.604. The third-order valence-corrected chi connectivity index (χ3v) is 4.20. The van der Waals surface area contributed by atoms with E-state index in [1.807, 2.05) is 30.3 Å². The van der Waals surface area contributed by atoms with Gasteiger partial charge in [-0.15, -0.1) is 10.2 Å². The molecule has 2 heterocycles. The van der Waals surface area contributed by atoms with Gasteiger partial charge in [-0.2, -0.15) is 0 Å². The van der Waals surface area contributed by atoms with E-state index in [-0.39, 0.29) is 0 Å². The highest BCUT2D eigenvalue weighted by molar-refractivity contribution is 5.51. The lowest BCUT2D eigenvalue weighted by molar-refractivity contribution is -0.930. The Morgan fingerprint density at radius 2 is 1.68 bits per heavy atom. The van der Waals surface area contributed by atoms with E-state index in [2.05, 4.69) is 34.5 Å². The van der Waals surface area contributed by atoms with Crippen LogP contribution in [0, 0.1) is 0 Å². The normalized spacial score (nSPS) is 17.2. The van der Waals surface area contributed by atoms with E-state index < -0.39 is 0 Å². The lowest BCUT2D eigenvalue weighted by Gasteiger charge is -2.24. The number of benzene rings is 2. The van der Waals surface area contributed by atoms with Gasteiger partial charge < -0.3 is 9.32 Å². The summed E-state index contributed by atoms with van der Waals surface area (Å²) in [4.78, 5) is 1.47. The first kappa shape index (κ1) is 13.2. The van der Waals surface area contributed by atoms with E-state index in [1.54, 1.807) is 0 Å². The Kier molecular flexibility index (Phi) is 3.45. The van der Waals surface area contributed by atoms with E-state index in [0.29, 0.717) is 11.8 Å². The number of quaternary nitrogens is 1. The first-order valence-electron chi connectivity index (χ1n) is 7.66. The largest absolute Gasteiger partial charge is 0.415 e. The molecule has 4 heteroatoms. The summed E-state index contributed by atoms with van der Waals surface area (Å²) in [6.07, 6.45) is 1.12. The van der Waals surface area contributed by atoms with Crippen molar-refractivity contribution in [2.75, 3.05) is 6.54 Å². The van der Waals surface area contributed by atoms with Gasteiger partial charge in [0.25, 0.3) is 5.89 Å². The van der Waals surface area contributed by atoms with E-state index in [4.69, 9.17) is 4.42 Å². The van der Waals surface area contributed by atoms with Crippen LogP contribution in [-0.2, 0) is 19.5 Å². The number of rotatable bonds is 3. The predicted octanol–water partition coefficient (Wildman–Crippen LogP) is 1.88. The van der Waals surface area contributed by atoms with E-state index in [0.717, 1.165) is 31.6 Å². The molecule has 1 aliphatic rings. The number of fused-ring (bicyclic) bond motifs is 1. The van der Waals surface area contributed by atoms with Gasteiger partial charge in [0.15, 0.2) is 6.54 Å². The first-order chi connectivity index (χ1) is 10.9. The summed E-state index contributed by atoms with van der Waals surface area (Å²) in [5, 5.41) is 8.37. The predicted molar refractivity (Wildman–Crippen MR) is 83.1 cm³/mol. The molecular formula is C18H18N3O+. The lowest BCUT2D eigenvalue weighted by Crippen LogP contribution is -3.10. The zero-order chi connectivity index (χ0) is 14.8. The molecule has 0 saturated carbocycles. The average Bonchev–Trinajstić information content (AvgIpc) is 3.04. The third kappa shape index (κ3) is 2.65. The van der Waals surface area contributed by atoms with Crippen molar-refractivity contribution in [1.82, 2.24) is 10.2 Å². The average molecular weight is 292 g/mol. The molecule has 22 heavy (non-hydrogen) atoms. The molecule has 0 saturated heterocycles. The number of nitrogens with zero attached hydrogens (tertiary/aromatic N) is 2. The zero-order valence-corrected chi connectivity index (χ0v) is 12.3. The maximum atomic E-state index is 5.82. The van der Waals surface area contributed by atoms with Gasteiger partial charge >= 0.3 is 0 Å². The highest BCUT2D eigenvalue weighted by Gasteiger charge is 2.21. The molecular weight excluding hydrogens is 274 g/mol.